The first-order valence-corrected chi connectivity index (χ1v) is 26.5. The number of hydrogen-bond acceptors (Lipinski definition) is 12. The van der Waals surface area contributed by atoms with E-state index in [2.05, 4.69) is 40.5 Å². The van der Waals surface area contributed by atoms with E-state index >= 15 is 4.39 Å². The molecule has 0 saturated carbocycles. The number of nitrogens with zero attached hydrogens (tertiary/aromatic N) is 6. The van der Waals surface area contributed by atoms with Gasteiger partial charge < -0.3 is 49.3 Å². The van der Waals surface area contributed by atoms with Gasteiger partial charge in [0.25, 0.3) is 0 Å². The number of alkyl carbamates (subject to hydrolysis) is 2. The van der Waals surface area contributed by atoms with E-state index in [-0.39, 0.29) is 76.2 Å². The number of amides is 4. The van der Waals surface area contributed by atoms with Crippen LogP contribution in [0.5, 0.6) is 5.75 Å². The van der Waals surface area contributed by atoms with Gasteiger partial charge in [0.15, 0.2) is 0 Å². The van der Waals surface area contributed by atoms with Crippen molar-refractivity contribution >= 4 is 86.7 Å². The van der Waals surface area contributed by atoms with Gasteiger partial charge in [0.05, 0.1) is 82.3 Å². The minimum absolute atomic E-state index is 0. The largest absolute Gasteiger partial charge is 0.464 e. The van der Waals surface area contributed by atoms with E-state index in [0.717, 1.165) is 51.3 Å². The monoisotopic (exact) mass is 1130 g/mol. The predicted octanol–water partition coefficient (Wildman–Crippen LogP) is 9.80. The number of benzene rings is 2. The molecule has 4 aliphatic rings. The summed E-state index contributed by atoms with van der Waals surface area (Å²) in [5.74, 6) is 0.791. The zero-order valence-electron chi connectivity index (χ0n) is 44.6. The summed E-state index contributed by atoms with van der Waals surface area (Å²) in [6, 6.07) is 9.12. The molecule has 0 bridgehead atoms. The van der Waals surface area contributed by atoms with Crippen LogP contribution in [0.15, 0.2) is 55.0 Å². The van der Waals surface area contributed by atoms with Crippen molar-refractivity contribution in [2.45, 2.75) is 122 Å². The number of fused-ring (bicyclic) bond motifs is 5. The first-order valence-electron chi connectivity index (χ1n) is 25.6. The third kappa shape index (κ3) is 11.8. The van der Waals surface area contributed by atoms with Crippen molar-refractivity contribution in [2.75, 3.05) is 33.9 Å². The number of imidazole rings is 2. The van der Waals surface area contributed by atoms with E-state index in [1.807, 2.05) is 67.6 Å². The standard InChI is InChI=1S/C54H65FN10O8S.3H2S/c1-28(2)19-43-56-27-42(74-43)51-65-37-14-13-30(35-25-57-47(59-35)39-12-10-17-64(39)50(67)46(62-53(69)71-8)31-15-18-72-54(5,6)24-31)20-33(37)22-40(65)44-34(55)21-32(23-41(44)73-51)36-26-58-48(60-36)38-11-9-16-63(38)49(66)45(29(3)4)61-52(68)70-7;;;/h13-14,20-23,25-29,31,38-39,45-46,51H,9-12,15-19,24H2,1-8H3,(H,57,59)(H,58,60)(H,61,68)(H,62,69);3*1H2/t31?,38-,39-,45-,46?,51?;;;/m0.../s1. The SMILES string of the molecule is COC(=O)NC(C(=O)N1CCC[C@H]1c1ncc(-c2ccc3c(c2)cc2n3C(c3cnc(CC(C)C)s3)Oc3cc(-c4cnc([C@@H]5CCCN5C(=O)[C@@H](NC(=O)OC)C(C)C)[nH]4)cc(F)c3-2)[nH]1)C1CCOC(C)(C)C1.S.S.S. The van der Waals surface area contributed by atoms with Gasteiger partial charge in [0.2, 0.25) is 18.0 Å². The molecule has 0 radical (unpaired) electrons. The molecule has 3 fully saturated rings. The van der Waals surface area contributed by atoms with Crippen molar-refractivity contribution < 1.29 is 42.5 Å². The molecule has 6 atom stereocenters. The number of hydrogen-bond donors (Lipinski definition) is 4. The number of carbonyl (C=O) groups is 4. The van der Waals surface area contributed by atoms with Crippen LogP contribution >= 0.6 is 51.8 Å². The van der Waals surface area contributed by atoms with Crippen molar-refractivity contribution in [3.8, 4) is 39.5 Å². The molecule has 4 amide bonds. The van der Waals surface area contributed by atoms with E-state index < -0.39 is 41.9 Å². The van der Waals surface area contributed by atoms with Gasteiger partial charge in [-0.25, -0.2) is 28.9 Å². The minimum atomic E-state index is -0.780. The maximum Gasteiger partial charge on any atom is 0.407 e. The molecular formula is C54H71FN10O8S4. The Labute approximate surface area is 472 Å². The quantitative estimate of drug-likeness (QED) is 0.0855. The molecule has 6 aromatic rings. The van der Waals surface area contributed by atoms with E-state index in [1.54, 1.807) is 28.6 Å². The van der Waals surface area contributed by atoms with Crippen LogP contribution in [0, 0.1) is 23.6 Å². The first-order chi connectivity index (χ1) is 35.5. The van der Waals surface area contributed by atoms with Crippen LogP contribution in [0.25, 0.3) is 44.7 Å². The highest BCUT2D eigenvalue weighted by molar-refractivity contribution is 7.59. The summed E-state index contributed by atoms with van der Waals surface area (Å²) in [5, 5.41) is 7.39. The second-order valence-electron chi connectivity index (χ2n) is 21.3. The molecule has 4 aromatic heterocycles. The van der Waals surface area contributed by atoms with Gasteiger partial charge in [-0.3, -0.25) is 14.2 Å². The van der Waals surface area contributed by atoms with Crippen LogP contribution in [0.3, 0.4) is 0 Å². The summed E-state index contributed by atoms with van der Waals surface area (Å²) in [4.78, 5) is 78.8. The molecule has 23 heteroatoms. The van der Waals surface area contributed by atoms with Crippen LogP contribution in [0.1, 0.15) is 120 Å². The van der Waals surface area contributed by atoms with E-state index in [1.165, 1.54) is 20.3 Å². The van der Waals surface area contributed by atoms with Gasteiger partial charge in [-0.2, -0.15) is 40.5 Å². The zero-order chi connectivity index (χ0) is 52.2. The fourth-order valence-electron chi connectivity index (χ4n) is 11.3. The van der Waals surface area contributed by atoms with E-state index in [9.17, 15) is 19.2 Å². The van der Waals surface area contributed by atoms with E-state index in [4.69, 9.17) is 33.9 Å². The number of thiazole rings is 1. The molecule has 3 saturated heterocycles. The summed E-state index contributed by atoms with van der Waals surface area (Å²) >= 11 is 1.58. The molecule has 77 heavy (non-hydrogen) atoms. The van der Waals surface area contributed by atoms with Gasteiger partial charge in [-0.05, 0) is 100 Å². The molecule has 3 unspecified atom stereocenters. The van der Waals surface area contributed by atoms with Crippen molar-refractivity contribution in [3.05, 3.63) is 82.3 Å². The molecule has 0 spiro atoms. The Bertz CT molecular complexity index is 3100. The third-order valence-electron chi connectivity index (χ3n) is 14.9. The number of aromatic amines is 2. The lowest BCUT2D eigenvalue weighted by atomic mass is 9.82. The Morgan fingerprint density at radius 3 is 2.08 bits per heavy atom. The Balaban J connectivity index is 0.00000287. The number of ether oxygens (including phenoxy) is 4. The summed E-state index contributed by atoms with van der Waals surface area (Å²) in [5.41, 5.74) is 4.07. The summed E-state index contributed by atoms with van der Waals surface area (Å²) in [7, 11) is 2.57. The number of rotatable bonds is 13. The Kier molecular flexibility index (Phi) is 18.4. The average Bonchev–Trinajstić information content (AvgIpc) is 4.24. The van der Waals surface area contributed by atoms with Crippen molar-refractivity contribution in [1.82, 2.24) is 49.9 Å². The lowest BCUT2D eigenvalue weighted by Crippen LogP contribution is -2.54. The third-order valence-corrected chi connectivity index (χ3v) is 15.9. The van der Waals surface area contributed by atoms with Crippen LogP contribution < -0.4 is 15.4 Å². The lowest BCUT2D eigenvalue weighted by molar-refractivity contribution is -0.139. The maximum atomic E-state index is 17.0. The molecule has 4 aliphatic heterocycles. The number of carbonyl (C=O) groups excluding carboxylic acids is 4. The van der Waals surface area contributed by atoms with E-state index in [0.29, 0.717) is 91.2 Å². The van der Waals surface area contributed by atoms with Crippen LogP contribution in [0.2, 0.25) is 0 Å². The highest BCUT2D eigenvalue weighted by Gasteiger charge is 2.43. The normalized spacial score (nSPS) is 20.2. The molecule has 0 aliphatic carbocycles. The van der Waals surface area contributed by atoms with Crippen LogP contribution in [-0.4, -0.2) is 115 Å². The Morgan fingerprint density at radius 1 is 0.818 bits per heavy atom. The van der Waals surface area contributed by atoms with Crippen molar-refractivity contribution in [3.63, 3.8) is 0 Å². The smallest absolute Gasteiger partial charge is 0.407 e. The van der Waals surface area contributed by atoms with Gasteiger partial charge >= 0.3 is 12.2 Å². The number of nitrogens with one attached hydrogen (secondary N) is 4. The van der Waals surface area contributed by atoms with Crippen molar-refractivity contribution in [2.24, 2.45) is 17.8 Å². The molecule has 4 N–H and O–H groups in total. The fraction of sp³-hybridized carbons (Fsp3) is 0.500. The fourth-order valence-corrected chi connectivity index (χ4v) is 12.4. The summed E-state index contributed by atoms with van der Waals surface area (Å²) < 4.78 is 41.7. The van der Waals surface area contributed by atoms with Gasteiger partial charge in [-0.15, -0.1) is 11.3 Å². The second-order valence-corrected chi connectivity index (χ2v) is 22.5. The minimum Gasteiger partial charge on any atom is -0.464 e. The highest BCUT2D eigenvalue weighted by atomic mass is 32.1. The van der Waals surface area contributed by atoms with Gasteiger partial charge in [-0.1, -0.05) is 33.8 Å². The summed E-state index contributed by atoms with van der Waals surface area (Å²) in [6.07, 6.45) is 8.25. The molecule has 10 rings (SSSR count). The number of halogens is 1. The van der Waals surface area contributed by atoms with Gasteiger partial charge in [0, 0.05) is 48.8 Å². The number of H-pyrrole nitrogens is 2. The van der Waals surface area contributed by atoms with Crippen molar-refractivity contribution in [1.29, 1.82) is 0 Å². The Morgan fingerprint density at radius 2 is 1.45 bits per heavy atom. The predicted molar refractivity (Wildman–Crippen MR) is 307 cm³/mol. The molecule has 18 nitrogen and oxygen atoms in total. The number of aromatic nitrogens is 6. The average molecular weight is 1140 g/mol. The number of methoxy groups -OCH3 is 2. The maximum absolute atomic E-state index is 17.0. The number of likely N-dealkylation sites (tertiary alicyclic amines) is 2. The topological polar surface area (TPSA) is 211 Å². The van der Waals surface area contributed by atoms with Crippen LogP contribution in [-0.2, 0) is 30.2 Å². The van der Waals surface area contributed by atoms with Gasteiger partial charge in [0.1, 0.15) is 35.3 Å². The van der Waals surface area contributed by atoms with Crippen LogP contribution in [0.4, 0.5) is 14.0 Å². The first kappa shape index (κ1) is 58.9. The molecular weight excluding hydrogens is 1060 g/mol. The molecule has 2 aromatic carbocycles. The molecule has 8 heterocycles. The highest BCUT2D eigenvalue weighted by Crippen LogP contribution is 2.48. The zero-order valence-corrected chi connectivity index (χ0v) is 48.4. The molecule has 416 valence electrons. The second kappa shape index (κ2) is 24.1. The summed E-state index contributed by atoms with van der Waals surface area (Å²) in [6.45, 7) is 13.6. The Hall–Kier alpha value is -5.75. The lowest BCUT2D eigenvalue weighted by Gasteiger charge is -2.40.